The van der Waals surface area contributed by atoms with E-state index >= 15 is 0 Å². The second-order valence-electron chi connectivity index (χ2n) is 8.94. The van der Waals surface area contributed by atoms with E-state index < -0.39 is 23.4 Å². The third-order valence-electron chi connectivity index (χ3n) is 2.92. The molecule has 0 aliphatic heterocycles. The van der Waals surface area contributed by atoms with Crippen molar-refractivity contribution in [3.63, 3.8) is 0 Å². The van der Waals surface area contributed by atoms with Gasteiger partial charge in [0.2, 0.25) is 0 Å². The first-order valence-electron chi connectivity index (χ1n) is 14.3. The molecule has 0 saturated carbocycles. The van der Waals surface area contributed by atoms with E-state index in [9.17, 15) is 75.5 Å². The van der Waals surface area contributed by atoms with Crippen molar-refractivity contribution in [2.24, 2.45) is 0 Å². The smallest absolute Gasteiger partial charge is 0.0623 e. The maximum atomic E-state index is 9.87. The van der Waals surface area contributed by atoms with Crippen LogP contribution < -0.4 is 4.90 Å². The maximum Gasteiger partial charge on any atom is 2.00 e. The third-order valence-corrected chi connectivity index (χ3v) is 2.92. The van der Waals surface area contributed by atoms with Gasteiger partial charge in [0, 0.05) is 47.7 Å². The zero-order valence-corrected chi connectivity index (χ0v) is 39.1. The van der Waals surface area contributed by atoms with Gasteiger partial charge in [0.25, 0.3) is 0 Å². The predicted molar refractivity (Wildman–Crippen MR) is 198 cm³/mol. The van der Waals surface area contributed by atoms with Gasteiger partial charge in [-0.05, 0) is 31.5 Å². The molecule has 0 saturated heterocycles. The van der Waals surface area contributed by atoms with Crippen LogP contribution in [0, 0.1) is 74.1 Å². The number of nitriles is 6. The Bertz CT molecular complexity index is 1600. The van der Waals surface area contributed by atoms with Crippen LogP contribution in [0.4, 0.5) is 81.2 Å². The first-order chi connectivity index (χ1) is 26.1. The summed E-state index contributed by atoms with van der Waals surface area (Å²) < 4.78 is 178. The topological polar surface area (TPSA) is 159 Å². The van der Waals surface area contributed by atoms with Crippen LogP contribution in [0.1, 0.15) is 41.5 Å². The van der Waals surface area contributed by atoms with Crippen molar-refractivity contribution in [3.05, 3.63) is 85.1 Å². The Morgan fingerprint density at radius 2 is 0.661 bits per heavy atom. The molecule has 62 heavy (non-hydrogen) atoms. The summed E-state index contributed by atoms with van der Waals surface area (Å²) >= 11 is 0. The minimum absolute atomic E-state index is 0. The number of hydrogen-bond donors (Lipinski definition) is 0. The van der Waals surface area contributed by atoms with E-state index in [1.807, 2.05) is 80.8 Å². The van der Waals surface area contributed by atoms with E-state index in [-0.39, 0.29) is 39.0 Å². The van der Waals surface area contributed by atoms with E-state index in [0.717, 1.165) is 16.9 Å². The van der Waals surface area contributed by atoms with E-state index in [0.29, 0.717) is 0 Å². The first kappa shape index (κ1) is 81.4. The Morgan fingerprint density at radius 1 is 0.435 bits per heavy atom. The minimum Gasteiger partial charge on any atom is -0.0623 e. The molecule has 0 aliphatic carbocycles. The van der Waals surface area contributed by atoms with Gasteiger partial charge < -0.3 is 9.88 Å². The molecule has 0 fully saturated rings. The molecule has 3 aromatic rings. The molecule has 0 spiro atoms. The van der Waals surface area contributed by atoms with Gasteiger partial charge in [-0.25, -0.2) is 0 Å². The summed E-state index contributed by atoms with van der Waals surface area (Å²) in [4.78, 5) is 6.33. The van der Waals surface area contributed by atoms with Gasteiger partial charge >= 0.3 is 138 Å². The van der Waals surface area contributed by atoms with Crippen LogP contribution in [0.15, 0.2) is 79.0 Å². The molecule has 3 rings (SSSR count). The van der Waals surface area contributed by atoms with Gasteiger partial charge in [0.05, 0.1) is 36.4 Å². The Labute approximate surface area is 372 Å². The Kier molecular flexibility index (Phi) is 42.4. The molecule has 0 atom stereocenters. The summed E-state index contributed by atoms with van der Waals surface area (Å²) in [5.41, 5.74) is 3.14. The molecular formula is C31H37F18N8P3Ru2. The van der Waals surface area contributed by atoms with Gasteiger partial charge in [-0.2, -0.15) is 31.6 Å². The van der Waals surface area contributed by atoms with Crippen molar-refractivity contribution < 1.29 is 115 Å². The fourth-order valence-electron chi connectivity index (χ4n) is 1.76. The van der Waals surface area contributed by atoms with Crippen molar-refractivity contribution in [1.29, 1.82) is 31.6 Å². The van der Waals surface area contributed by atoms with Crippen LogP contribution in [0.5, 0.6) is 0 Å². The van der Waals surface area contributed by atoms with Crippen molar-refractivity contribution in [2.75, 3.05) is 19.0 Å². The molecule has 0 N–H and O–H groups in total. The number of aromatic nitrogens is 1. The zero-order valence-electron chi connectivity index (χ0n) is 32.9. The van der Waals surface area contributed by atoms with Crippen LogP contribution in [0.25, 0.3) is 11.3 Å². The van der Waals surface area contributed by atoms with Gasteiger partial charge in [0.15, 0.2) is 0 Å². The molecule has 2 aromatic carbocycles. The second kappa shape index (κ2) is 32.3. The molecule has 0 amide bonds. The zero-order chi connectivity index (χ0) is 50.4. The van der Waals surface area contributed by atoms with Crippen LogP contribution in [0.3, 0.4) is 0 Å². The number of halogens is 18. The first-order valence-corrected chi connectivity index (χ1v) is 20.3. The SMILES string of the molecule is CC#N.CC#N.CC#N.CC#N.CC#N.CC#N.CN(C)c1c[c-]c(-c2ccccn2)cc1.F[P-](F)(F)(F)(F)F.F[P-](F)(F)(F)(F)F.F[P-](F)(F)(F)(F)F.[Ru+2].[Ru+2].c1ccccc1. The number of hydrogen-bond acceptors (Lipinski definition) is 8. The fourth-order valence-corrected chi connectivity index (χ4v) is 1.76. The van der Waals surface area contributed by atoms with Crippen molar-refractivity contribution in [2.45, 2.75) is 41.5 Å². The molecule has 1 aromatic heterocycles. The summed E-state index contributed by atoms with van der Waals surface area (Å²) in [5, 5.41) is 43.9. The average Bonchev–Trinajstić information content (AvgIpc) is 3.01. The second-order valence-corrected chi connectivity index (χ2v) is 14.7. The van der Waals surface area contributed by atoms with Crippen LogP contribution in [-0.2, 0) is 39.0 Å². The molecule has 1 heterocycles. The monoisotopic (exact) mass is 1160 g/mol. The van der Waals surface area contributed by atoms with Crippen molar-refractivity contribution in [3.8, 4) is 47.7 Å². The van der Waals surface area contributed by atoms with Crippen molar-refractivity contribution in [1.82, 2.24) is 4.98 Å². The molecular weight excluding hydrogens is 1120 g/mol. The van der Waals surface area contributed by atoms with E-state index in [1.54, 1.807) is 42.6 Å². The normalized spacial score (nSPS) is 11.8. The fraction of sp³-hybridized carbons (Fsp3) is 0.258. The molecule has 8 nitrogen and oxygen atoms in total. The number of benzene rings is 2. The van der Waals surface area contributed by atoms with E-state index in [1.165, 1.54) is 41.5 Å². The largest absolute Gasteiger partial charge is 2.00 e. The van der Waals surface area contributed by atoms with Gasteiger partial charge in [-0.1, -0.05) is 48.5 Å². The molecule has 31 heteroatoms. The van der Waals surface area contributed by atoms with Crippen LogP contribution >= 0.6 is 23.4 Å². The number of nitrogens with zero attached hydrogens (tertiary/aromatic N) is 8. The number of pyridine rings is 1. The summed E-state index contributed by atoms with van der Waals surface area (Å²) in [5.74, 6) is 0. The van der Waals surface area contributed by atoms with Crippen molar-refractivity contribution >= 4 is 29.1 Å². The summed E-state index contributed by atoms with van der Waals surface area (Å²) in [7, 11) is -27.9. The number of rotatable bonds is 2. The number of anilines is 1. The molecule has 0 radical (unpaired) electrons. The van der Waals surface area contributed by atoms with Gasteiger partial charge in [-0.15, -0.1) is 29.8 Å². The van der Waals surface area contributed by atoms with Crippen LogP contribution in [0.2, 0.25) is 0 Å². The minimum atomic E-state index is -10.7. The molecule has 0 unspecified atom stereocenters. The summed E-state index contributed by atoms with van der Waals surface area (Å²) in [6.45, 7) is 8.58. The summed E-state index contributed by atoms with van der Waals surface area (Å²) in [6, 6.07) is 37.7. The maximum absolute atomic E-state index is 10.7. The summed E-state index contributed by atoms with van der Waals surface area (Å²) in [6.07, 6.45) is 1.79. The van der Waals surface area contributed by atoms with Gasteiger partial charge in [-0.3, -0.25) is 0 Å². The Morgan fingerprint density at radius 3 is 0.806 bits per heavy atom. The van der Waals surface area contributed by atoms with E-state index in [2.05, 4.69) is 22.0 Å². The Hall–Kier alpha value is -4.39. The predicted octanol–water partition coefficient (Wildman–Crippen LogP) is 17.6. The van der Waals surface area contributed by atoms with Gasteiger partial charge in [0.1, 0.15) is 0 Å². The van der Waals surface area contributed by atoms with E-state index in [4.69, 9.17) is 31.6 Å². The quantitative estimate of drug-likeness (QED) is 0.106. The standard InChI is InChI=1S/C13H13N2.C6H6.6C2H3N.3F6P.2Ru/c1-15(2)12-8-6-11(7-9-12)13-5-3-4-10-14-13;1-2-4-6-5-3-1;6*1-2-3;3*1-7(2,3,4,5)6;;/h3-6,8-10H,1-2H3;1-6H;6*1H3;;;;;/q-1;;;;;;;;3*-1;2*+2. The molecule has 358 valence electrons. The van der Waals surface area contributed by atoms with Crippen LogP contribution in [-0.4, -0.2) is 19.1 Å². The third kappa shape index (κ3) is 218. The Balaban J connectivity index is -0.0000000636. The molecule has 0 aliphatic rings. The average molecular weight is 1160 g/mol. The molecule has 0 bridgehead atoms.